The molecule has 0 amide bonds. The number of unbranched alkanes of at least 4 members (excludes halogenated alkanes) is 2. The van der Waals surface area contributed by atoms with E-state index in [1.54, 1.807) is 25.1 Å². The van der Waals surface area contributed by atoms with Crippen molar-refractivity contribution in [3.05, 3.63) is 23.8 Å². The number of benzene rings is 1. The molecule has 1 aromatic rings. The molecule has 0 aromatic heterocycles. The predicted octanol–water partition coefficient (Wildman–Crippen LogP) is 5.14. The highest BCUT2D eigenvalue weighted by atomic mass is 16.7. The van der Waals surface area contributed by atoms with Gasteiger partial charge in [-0.1, -0.05) is 53.0 Å². The molecule has 0 heterocycles. The molecule has 3 atom stereocenters. The van der Waals surface area contributed by atoms with Crippen LogP contribution >= 0.6 is 0 Å². The van der Waals surface area contributed by atoms with E-state index < -0.39 is 36.2 Å². The molecule has 0 aliphatic carbocycles. The summed E-state index contributed by atoms with van der Waals surface area (Å²) in [6.07, 6.45) is 3.25. The Labute approximate surface area is 232 Å². The molecule has 0 spiro atoms. The molecule has 2 unspecified atom stereocenters. The van der Waals surface area contributed by atoms with Gasteiger partial charge in [-0.3, -0.25) is 14.4 Å². The normalized spacial score (nSPS) is 13.1. The van der Waals surface area contributed by atoms with Crippen molar-refractivity contribution in [1.29, 1.82) is 0 Å². The Balaban J connectivity index is 2.94. The summed E-state index contributed by atoms with van der Waals surface area (Å²) in [7, 11) is 1.28. The molecular weight excluding hydrogens is 506 g/mol. The fourth-order valence-corrected chi connectivity index (χ4v) is 3.33. The van der Waals surface area contributed by atoms with Gasteiger partial charge in [-0.05, 0) is 49.8 Å². The highest BCUT2D eigenvalue weighted by Crippen LogP contribution is 2.30. The highest BCUT2D eigenvalue weighted by Gasteiger charge is 2.23. The van der Waals surface area contributed by atoms with Gasteiger partial charge in [0.05, 0.1) is 13.7 Å². The SMILES string of the molecule is CCCCC(=O)Oc1ccc(C[C@H](NCC(C)OC(=O)OCC(C)CC)C(=O)OC)cc1OC(=O)CCCC. The molecule has 10 nitrogen and oxygen atoms in total. The van der Waals surface area contributed by atoms with Gasteiger partial charge in [0.15, 0.2) is 11.5 Å². The third kappa shape index (κ3) is 14.0. The maximum Gasteiger partial charge on any atom is 0.508 e. The molecule has 10 heteroatoms. The quantitative estimate of drug-likeness (QED) is 0.194. The summed E-state index contributed by atoms with van der Waals surface area (Å²) >= 11 is 0. The van der Waals surface area contributed by atoms with Gasteiger partial charge < -0.3 is 29.0 Å². The minimum atomic E-state index is -0.779. The van der Waals surface area contributed by atoms with E-state index in [1.807, 2.05) is 27.7 Å². The van der Waals surface area contributed by atoms with Crippen LogP contribution in [0.4, 0.5) is 4.79 Å². The zero-order valence-electron chi connectivity index (χ0n) is 24.2. The van der Waals surface area contributed by atoms with Crippen molar-refractivity contribution in [2.75, 3.05) is 20.3 Å². The summed E-state index contributed by atoms with van der Waals surface area (Å²) in [5.74, 6) is -0.877. The minimum Gasteiger partial charge on any atom is -0.468 e. The van der Waals surface area contributed by atoms with E-state index in [0.29, 0.717) is 18.4 Å². The van der Waals surface area contributed by atoms with E-state index >= 15 is 0 Å². The van der Waals surface area contributed by atoms with Crippen LogP contribution in [0.2, 0.25) is 0 Å². The van der Waals surface area contributed by atoms with Crippen molar-refractivity contribution in [2.24, 2.45) is 5.92 Å². The van der Waals surface area contributed by atoms with Crippen LogP contribution in [-0.2, 0) is 35.0 Å². The van der Waals surface area contributed by atoms with Gasteiger partial charge in [0.25, 0.3) is 0 Å². The largest absolute Gasteiger partial charge is 0.508 e. The van der Waals surface area contributed by atoms with E-state index in [1.165, 1.54) is 7.11 Å². The van der Waals surface area contributed by atoms with E-state index in [0.717, 1.165) is 19.3 Å². The molecular formula is C29H45NO9. The van der Waals surface area contributed by atoms with Crippen LogP contribution in [0.1, 0.15) is 85.1 Å². The van der Waals surface area contributed by atoms with E-state index in [4.69, 9.17) is 23.7 Å². The molecule has 0 aliphatic heterocycles. The monoisotopic (exact) mass is 551 g/mol. The molecule has 0 radical (unpaired) electrons. The summed E-state index contributed by atoms with van der Waals surface area (Å²) in [5, 5.41) is 3.06. The molecule has 0 fully saturated rings. The van der Waals surface area contributed by atoms with Crippen LogP contribution < -0.4 is 14.8 Å². The smallest absolute Gasteiger partial charge is 0.468 e. The Morgan fingerprint density at radius 1 is 0.897 bits per heavy atom. The van der Waals surface area contributed by atoms with Crippen molar-refractivity contribution in [1.82, 2.24) is 5.32 Å². The Morgan fingerprint density at radius 2 is 1.51 bits per heavy atom. The van der Waals surface area contributed by atoms with Gasteiger partial charge in [-0.15, -0.1) is 0 Å². The van der Waals surface area contributed by atoms with Crippen LogP contribution in [-0.4, -0.2) is 56.5 Å². The lowest BCUT2D eigenvalue weighted by atomic mass is 10.0. The fraction of sp³-hybridized carbons (Fsp3) is 0.655. The number of rotatable bonds is 18. The van der Waals surface area contributed by atoms with Gasteiger partial charge in [0.1, 0.15) is 12.1 Å². The van der Waals surface area contributed by atoms with Crippen molar-refractivity contribution in [2.45, 2.75) is 98.1 Å². The summed E-state index contributed by atoms with van der Waals surface area (Å²) in [6.45, 7) is 10.0. The maximum absolute atomic E-state index is 12.5. The number of ether oxygens (including phenoxy) is 5. The molecule has 1 N–H and O–H groups in total. The highest BCUT2D eigenvalue weighted by molar-refractivity contribution is 5.77. The van der Waals surface area contributed by atoms with Crippen LogP contribution in [0.15, 0.2) is 18.2 Å². The van der Waals surface area contributed by atoms with Crippen LogP contribution in [0.25, 0.3) is 0 Å². The summed E-state index contributed by atoms with van der Waals surface area (Å²) < 4.78 is 26.3. The van der Waals surface area contributed by atoms with Crippen molar-refractivity contribution in [3.8, 4) is 11.5 Å². The predicted molar refractivity (Wildman–Crippen MR) is 146 cm³/mol. The maximum atomic E-state index is 12.5. The van der Waals surface area contributed by atoms with Crippen molar-refractivity contribution >= 4 is 24.1 Å². The van der Waals surface area contributed by atoms with Crippen molar-refractivity contribution in [3.63, 3.8) is 0 Å². The molecule has 1 rings (SSSR count). The second kappa shape index (κ2) is 19.0. The molecule has 0 saturated heterocycles. The second-order valence-electron chi connectivity index (χ2n) is 9.63. The molecule has 39 heavy (non-hydrogen) atoms. The molecule has 0 bridgehead atoms. The average Bonchev–Trinajstić information content (AvgIpc) is 2.92. The number of nitrogens with one attached hydrogen (secondary N) is 1. The topological polar surface area (TPSA) is 126 Å². The number of hydrogen-bond acceptors (Lipinski definition) is 10. The third-order valence-corrected chi connectivity index (χ3v) is 5.98. The lowest BCUT2D eigenvalue weighted by Crippen LogP contribution is -2.43. The number of esters is 3. The van der Waals surface area contributed by atoms with Crippen LogP contribution in [0.5, 0.6) is 11.5 Å². The average molecular weight is 552 g/mol. The molecule has 0 saturated carbocycles. The van der Waals surface area contributed by atoms with Gasteiger partial charge in [0, 0.05) is 19.4 Å². The fourth-order valence-electron chi connectivity index (χ4n) is 3.33. The van der Waals surface area contributed by atoms with Gasteiger partial charge >= 0.3 is 24.1 Å². The molecule has 220 valence electrons. The van der Waals surface area contributed by atoms with E-state index in [9.17, 15) is 19.2 Å². The second-order valence-corrected chi connectivity index (χ2v) is 9.63. The lowest BCUT2D eigenvalue weighted by molar-refractivity contribution is -0.143. The summed E-state index contributed by atoms with van der Waals surface area (Å²) in [4.78, 5) is 48.9. The van der Waals surface area contributed by atoms with Crippen LogP contribution in [0.3, 0.4) is 0 Å². The summed E-state index contributed by atoms with van der Waals surface area (Å²) in [6, 6.07) is 4.04. The first kappa shape index (κ1) is 33.9. The Morgan fingerprint density at radius 3 is 2.08 bits per heavy atom. The van der Waals surface area contributed by atoms with Gasteiger partial charge in [0.2, 0.25) is 0 Å². The standard InChI is InChI=1S/C29H45NO9/c1-7-10-12-26(31)38-24-15-14-22(17-25(24)39-27(32)13-11-8-2)16-23(28(33)35-6)30-18-21(5)37-29(34)36-19-20(4)9-3/h14-15,17,20-21,23,30H,7-13,16,18-19H2,1-6H3/t20?,21?,23-/m0/s1. The summed E-state index contributed by atoms with van der Waals surface area (Å²) in [5.41, 5.74) is 0.645. The Kier molecular flexibility index (Phi) is 16.5. The van der Waals surface area contributed by atoms with Crippen LogP contribution in [0, 0.1) is 5.92 Å². The van der Waals surface area contributed by atoms with Gasteiger partial charge in [-0.25, -0.2) is 4.79 Å². The first-order valence-electron chi connectivity index (χ1n) is 13.8. The minimum absolute atomic E-state index is 0.114. The Hall–Kier alpha value is -3.14. The number of hydrogen-bond donors (Lipinski definition) is 1. The third-order valence-electron chi connectivity index (χ3n) is 5.98. The van der Waals surface area contributed by atoms with E-state index in [2.05, 4.69) is 5.32 Å². The molecule has 1 aromatic carbocycles. The zero-order chi connectivity index (χ0) is 29.2. The molecule has 0 aliphatic rings. The van der Waals surface area contributed by atoms with Gasteiger partial charge in [-0.2, -0.15) is 0 Å². The number of methoxy groups -OCH3 is 1. The van der Waals surface area contributed by atoms with Crippen molar-refractivity contribution < 1.29 is 42.9 Å². The lowest BCUT2D eigenvalue weighted by Gasteiger charge is -2.20. The number of carbonyl (C=O) groups excluding carboxylic acids is 4. The number of carbonyl (C=O) groups is 4. The Bertz CT molecular complexity index is 918. The van der Waals surface area contributed by atoms with E-state index in [-0.39, 0.29) is 49.8 Å². The first-order chi connectivity index (χ1) is 18.6. The zero-order valence-corrected chi connectivity index (χ0v) is 24.2. The first-order valence-corrected chi connectivity index (χ1v) is 13.8.